The second-order valence-electron chi connectivity index (χ2n) is 7.51. The van der Waals surface area contributed by atoms with Gasteiger partial charge in [-0.25, -0.2) is 0 Å². The summed E-state index contributed by atoms with van der Waals surface area (Å²) in [6, 6.07) is 11.5. The molecule has 1 aliphatic heterocycles. The first kappa shape index (κ1) is 20.1. The third-order valence-corrected chi connectivity index (χ3v) is 5.39. The van der Waals surface area contributed by atoms with E-state index < -0.39 is 0 Å². The Kier molecular flexibility index (Phi) is 6.87. The van der Waals surface area contributed by atoms with E-state index in [0.717, 1.165) is 44.6 Å². The quantitative estimate of drug-likeness (QED) is 0.544. The molecule has 1 atom stereocenters. The molecule has 0 bridgehead atoms. The van der Waals surface area contributed by atoms with E-state index in [4.69, 9.17) is 4.74 Å². The van der Waals surface area contributed by atoms with E-state index >= 15 is 0 Å². The lowest BCUT2D eigenvalue weighted by molar-refractivity contribution is -0.605. The number of piperidine rings is 1. The molecule has 1 aliphatic rings. The predicted octanol–water partition coefficient (Wildman–Crippen LogP) is 2.36. The highest BCUT2D eigenvalue weighted by molar-refractivity contribution is 5.93. The van der Waals surface area contributed by atoms with Gasteiger partial charge in [-0.15, -0.1) is 0 Å². The number of amides is 1. The summed E-state index contributed by atoms with van der Waals surface area (Å²) in [5.74, 6) is 1.29. The third kappa shape index (κ3) is 5.23. The average Bonchev–Trinajstić information content (AvgIpc) is 2.72. The van der Waals surface area contributed by atoms with Gasteiger partial charge < -0.3 is 19.7 Å². The molecule has 1 fully saturated rings. The van der Waals surface area contributed by atoms with Gasteiger partial charge in [0.1, 0.15) is 11.3 Å². The van der Waals surface area contributed by atoms with Crippen LogP contribution >= 0.6 is 0 Å². The van der Waals surface area contributed by atoms with Crippen molar-refractivity contribution in [3.05, 3.63) is 65.1 Å². The van der Waals surface area contributed by atoms with Crippen LogP contribution in [0.1, 0.15) is 28.8 Å². The van der Waals surface area contributed by atoms with Crippen LogP contribution in [0.25, 0.3) is 0 Å². The second-order valence-corrected chi connectivity index (χ2v) is 7.51. The molecular formula is C22H29N3O3. The number of rotatable bonds is 7. The fourth-order valence-electron chi connectivity index (χ4n) is 3.96. The monoisotopic (exact) mass is 383 g/mol. The lowest BCUT2D eigenvalue weighted by atomic mass is 9.96. The van der Waals surface area contributed by atoms with Crippen molar-refractivity contribution in [2.24, 2.45) is 5.92 Å². The lowest BCUT2D eigenvalue weighted by Gasteiger charge is -2.34. The largest absolute Gasteiger partial charge is 0.619 e. The summed E-state index contributed by atoms with van der Waals surface area (Å²) < 4.78 is 6.12. The summed E-state index contributed by atoms with van der Waals surface area (Å²) in [5.41, 5.74) is 1.67. The van der Waals surface area contributed by atoms with E-state index in [2.05, 4.69) is 11.0 Å². The minimum absolute atomic E-state index is 0.101. The van der Waals surface area contributed by atoms with Crippen molar-refractivity contribution >= 4 is 5.91 Å². The SMILES string of the molecule is COc1ccccc1CCN1CCC[C@@H](CN(C)C(=O)c2ccc[n+]([O-])c2)C1. The fraction of sp³-hybridized carbons (Fsp3) is 0.455. The molecule has 0 unspecified atom stereocenters. The smallest absolute Gasteiger partial charge is 0.259 e. The molecule has 1 aromatic carbocycles. The maximum atomic E-state index is 12.6. The number of benzene rings is 1. The van der Waals surface area contributed by atoms with Crippen molar-refractivity contribution in [3.8, 4) is 5.75 Å². The number of carbonyl (C=O) groups is 1. The van der Waals surface area contributed by atoms with Crippen LogP contribution in [0.15, 0.2) is 48.8 Å². The number of carbonyl (C=O) groups excluding carboxylic acids is 1. The zero-order chi connectivity index (χ0) is 19.9. The molecule has 2 aromatic rings. The van der Waals surface area contributed by atoms with Gasteiger partial charge in [-0.05, 0) is 49.4 Å². The van der Waals surface area contributed by atoms with Gasteiger partial charge in [-0.1, -0.05) is 18.2 Å². The molecule has 1 saturated heterocycles. The Morgan fingerprint density at radius 2 is 2.14 bits per heavy atom. The average molecular weight is 383 g/mol. The highest BCUT2D eigenvalue weighted by atomic mass is 16.5. The topological polar surface area (TPSA) is 59.7 Å². The first-order chi connectivity index (χ1) is 13.6. The van der Waals surface area contributed by atoms with Crippen LogP contribution < -0.4 is 9.47 Å². The molecule has 3 rings (SSSR count). The summed E-state index contributed by atoms with van der Waals surface area (Å²) in [5, 5.41) is 11.4. The number of methoxy groups -OCH3 is 1. The molecule has 2 heterocycles. The van der Waals surface area contributed by atoms with E-state index in [9.17, 15) is 10.0 Å². The van der Waals surface area contributed by atoms with Crippen molar-refractivity contribution in [2.45, 2.75) is 19.3 Å². The van der Waals surface area contributed by atoms with Crippen molar-refractivity contribution in [1.82, 2.24) is 9.80 Å². The molecular weight excluding hydrogens is 354 g/mol. The zero-order valence-corrected chi connectivity index (χ0v) is 16.7. The summed E-state index contributed by atoms with van der Waals surface area (Å²) in [4.78, 5) is 16.8. The Balaban J connectivity index is 1.52. The van der Waals surface area contributed by atoms with Crippen LogP contribution in [0.5, 0.6) is 5.75 Å². The number of pyridine rings is 1. The Bertz CT molecular complexity index is 796. The third-order valence-electron chi connectivity index (χ3n) is 5.39. The predicted molar refractivity (Wildman–Crippen MR) is 108 cm³/mol. The number of hydrogen-bond donors (Lipinski definition) is 0. The van der Waals surface area contributed by atoms with Crippen molar-refractivity contribution in [2.75, 3.05) is 40.3 Å². The maximum absolute atomic E-state index is 12.6. The number of nitrogens with zero attached hydrogens (tertiary/aromatic N) is 3. The number of likely N-dealkylation sites (tertiary alicyclic amines) is 1. The van der Waals surface area contributed by atoms with Gasteiger partial charge in [0.05, 0.1) is 7.11 Å². The zero-order valence-electron chi connectivity index (χ0n) is 16.7. The number of aromatic nitrogens is 1. The van der Waals surface area contributed by atoms with E-state index in [1.165, 1.54) is 18.0 Å². The molecule has 150 valence electrons. The Morgan fingerprint density at radius 1 is 1.32 bits per heavy atom. The highest BCUT2D eigenvalue weighted by Crippen LogP contribution is 2.21. The molecule has 1 aromatic heterocycles. The van der Waals surface area contributed by atoms with Gasteiger partial charge in [0, 0.05) is 32.7 Å². The second kappa shape index (κ2) is 9.55. The van der Waals surface area contributed by atoms with Crippen molar-refractivity contribution < 1.29 is 14.3 Å². The molecule has 6 heteroatoms. The van der Waals surface area contributed by atoms with Gasteiger partial charge in [0.25, 0.3) is 5.91 Å². The minimum atomic E-state index is -0.101. The molecule has 6 nitrogen and oxygen atoms in total. The van der Waals surface area contributed by atoms with E-state index in [-0.39, 0.29) is 5.91 Å². The summed E-state index contributed by atoms with van der Waals surface area (Å²) >= 11 is 0. The van der Waals surface area contributed by atoms with Gasteiger partial charge in [-0.2, -0.15) is 4.73 Å². The Morgan fingerprint density at radius 3 is 2.93 bits per heavy atom. The molecule has 0 saturated carbocycles. The van der Waals surface area contributed by atoms with Gasteiger partial charge >= 0.3 is 0 Å². The molecule has 1 amide bonds. The van der Waals surface area contributed by atoms with Crippen LogP contribution in [-0.2, 0) is 6.42 Å². The fourth-order valence-corrected chi connectivity index (χ4v) is 3.96. The van der Waals surface area contributed by atoms with E-state index in [0.29, 0.717) is 22.8 Å². The first-order valence-electron chi connectivity index (χ1n) is 9.85. The van der Waals surface area contributed by atoms with Crippen LogP contribution in [0.4, 0.5) is 0 Å². The maximum Gasteiger partial charge on any atom is 0.259 e. The van der Waals surface area contributed by atoms with Gasteiger partial charge in [-0.3, -0.25) is 4.79 Å². The summed E-state index contributed by atoms with van der Waals surface area (Å²) in [7, 11) is 3.53. The molecule has 0 N–H and O–H groups in total. The lowest BCUT2D eigenvalue weighted by Crippen LogP contribution is -2.42. The minimum Gasteiger partial charge on any atom is -0.619 e. The number of para-hydroxylation sites is 1. The van der Waals surface area contributed by atoms with Gasteiger partial charge in [0.2, 0.25) is 0 Å². The van der Waals surface area contributed by atoms with Crippen molar-refractivity contribution in [1.29, 1.82) is 0 Å². The molecule has 0 aliphatic carbocycles. The number of ether oxygens (including phenoxy) is 1. The first-order valence-corrected chi connectivity index (χ1v) is 9.85. The standard InChI is InChI=1S/C22H29N3O3/c1-23(22(26)20-9-6-13-25(27)17-20)15-18-7-5-12-24(16-18)14-11-19-8-3-4-10-21(19)28-2/h3-4,6,8-10,13,17-18H,5,7,11-12,14-16H2,1-2H3/t18-/m0/s1. The molecule has 0 radical (unpaired) electrons. The normalized spacial score (nSPS) is 17.3. The summed E-state index contributed by atoms with van der Waals surface area (Å²) in [6.07, 6.45) is 5.94. The van der Waals surface area contributed by atoms with Gasteiger partial charge in [0.15, 0.2) is 12.4 Å². The van der Waals surface area contributed by atoms with E-state index in [1.54, 1.807) is 24.1 Å². The van der Waals surface area contributed by atoms with Crippen LogP contribution in [0.3, 0.4) is 0 Å². The molecule has 28 heavy (non-hydrogen) atoms. The molecule has 0 spiro atoms. The van der Waals surface area contributed by atoms with Crippen LogP contribution in [0, 0.1) is 11.1 Å². The Labute approximate surface area is 166 Å². The van der Waals surface area contributed by atoms with Crippen LogP contribution in [0.2, 0.25) is 0 Å². The van der Waals surface area contributed by atoms with E-state index in [1.807, 2.05) is 25.2 Å². The van der Waals surface area contributed by atoms with Crippen molar-refractivity contribution in [3.63, 3.8) is 0 Å². The highest BCUT2D eigenvalue weighted by Gasteiger charge is 2.24. The number of hydrogen-bond acceptors (Lipinski definition) is 4. The Hall–Kier alpha value is -2.60. The van der Waals surface area contributed by atoms with Crippen LogP contribution in [-0.4, -0.2) is 56.0 Å². The summed E-state index contributed by atoms with van der Waals surface area (Å²) in [6.45, 7) is 3.78.